The number of nitrogens with zero attached hydrogens (tertiary/aromatic N) is 3. The van der Waals surface area contributed by atoms with Crippen molar-refractivity contribution in [2.24, 2.45) is 0 Å². The van der Waals surface area contributed by atoms with Crippen LogP contribution in [-0.4, -0.2) is 21.0 Å². The fraction of sp³-hybridized carbons (Fsp3) is 0.222. The normalized spacial score (nSPS) is 10.1. The number of aliphatic carboxylic acids is 1. The predicted octanol–water partition coefficient (Wildman–Crippen LogP) is 1.43. The summed E-state index contributed by atoms with van der Waals surface area (Å²) in [4.78, 5) is 23.3. The highest BCUT2D eigenvalue weighted by Gasteiger charge is 2.28. The first kappa shape index (κ1) is 13.4. The molecular formula is C9H5F2N3O4. The van der Waals surface area contributed by atoms with Gasteiger partial charge in [0.1, 0.15) is 6.07 Å². The molecular weight excluding hydrogens is 252 g/mol. The van der Waals surface area contributed by atoms with Gasteiger partial charge >= 0.3 is 11.8 Å². The van der Waals surface area contributed by atoms with Crippen molar-refractivity contribution in [1.29, 1.82) is 5.26 Å². The summed E-state index contributed by atoms with van der Waals surface area (Å²) in [6.07, 6.45) is -3.49. The van der Waals surface area contributed by atoms with Gasteiger partial charge in [0.15, 0.2) is 6.20 Å². The number of carboxylic acid groups (broad SMARTS) is 1. The van der Waals surface area contributed by atoms with Gasteiger partial charge in [-0.1, -0.05) is 0 Å². The summed E-state index contributed by atoms with van der Waals surface area (Å²) in [5, 5.41) is 27.9. The Morgan fingerprint density at radius 3 is 2.67 bits per heavy atom. The van der Waals surface area contributed by atoms with Crippen LogP contribution in [0.1, 0.15) is 23.1 Å². The summed E-state index contributed by atoms with van der Waals surface area (Å²) in [6.45, 7) is 0. The molecule has 0 radical (unpaired) electrons. The molecule has 1 N–H and O–H groups in total. The number of nitriles is 1. The van der Waals surface area contributed by atoms with E-state index < -0.39 is 46.2 Å². The highest BCUT2D eigenvalue weighted by molar-refractivity contribution is 5.73. The first-order valence-corrected chi connectivity index (χ1v) is 4.44. The largest absolute Gasteiger partial charge is 0.481 e. The second-order valence-electron chi connectivity index (χ2n) is 3.13. The molecule has 0 fully saturated rings. The number of rotatable bonds is 4. The molecule has 0 aromatic carbocycles. The van der Waals surface area contributed by atoms with Gasteiger partial charge < -0.3 is 15.2 Å². The smallest absolute Gasteiger partial charge is 0.368 e. The van der Waals surface area contributed by atoms with Crippen LogP contribution in [0.4, 0.5) is 14.6 Å². The molecule has 0 saturated carbocycles. The minimum absolute atomic E-state index is 0.507. The number of hydrogen-bond donors (Lipinski definition) is 1. The van der Waals surface area contributed by atoms with E-state index in [1.165, 1.54) is 6.07 Å². The zero-order valence-corrected chi connectivity index (χ0v) is 8.63. The lowest BCUT2D eigenvalue weighted by Gasteiger charge is -2.06. The Labute approximate surface area is 98.4 Å². The van der Waals surface area contributed by atoms with Gasteiger partial charge in [-0.3, -0.25) is 4.79 Å². The van der Waals surface area contributed by atoms with E-state index in [0.717, 1.165) is 0 Å². The van der Waals surface area contributed by atoms with Gasteiger partial charge in [0.2, 0.25) is 0 Å². The number of halogens is 2. The Morgan fingerprint density at radius 2 is 2.28 bits per heavy atom. The summed E-state index contributed by atoms with van der Waals surface area (Å²) in [5.74, 6) is -2.39. The van der Waals surface area contributed by atoms with Crippen molar-refractivity contribution in [2.75, 3.05) is 0 Å². The van der Waals surface area contributed by atoms with E-state index >= 15 is 0 Å². The zero-order valence-electron chi connectivity index (χ0n) is 8.63. The Kier molecular flexibility index (Phi) is 3.83. The molecule has 0 amide bonds. The highest BCUT2D eigenvalue weighted by atomic mass is 19.3. The van der Waals surface area contributed by atoms with Crippen molar-refractivity contribution >= 4 is 11.8 Å². The first-order valence-electron chi connectivity index (χ1n) is 4.44. The molecule has 1 aromatic rings. The number of pyridine rings is 1. The molecule has 1 rings (SSSR count). The third kappa shape index (κ3) is 2.54. The van der Waals surface area contributed by atoms with Crippen molar-refractivity contribution in [3.05, 3.63) is 33.0 Å². The van der Waals surface area contributed by atoms with Crippen LogP contribution in [0.3, 0.4) is 0 Å². The SMILES string of the molecule is N#Cc1c(C(F)F)cnc([N+](=O)[O-])c1CC(=O)O. The molecule has 18 heavy (non-hydrogen) atoms. The average molecular weight is 257 g/mol. The van der Waals surface area contributed by atoms with Crippen molar-refractivity contribution in [3.8, 4) is 6.07 Å². The van der Waals surface area contributed by atoms with E-state index in [9.17, 15) is 23.7 Å². The van der Waals surface area contributed by atoms with Crippen molar-refractivity contribution < 1.29 is 23.6 Å². The van der Waals surface area contributed by atoms with Gasteiger partial charge in [0.05, 0.1) is 23.1 Å². The predicted molar refractivity (Wildman–Crippen MR) is 51.9 cm³/mol. The van der Waals surface area contributed by atoms with Crippen molar-refractivity contribution in [2.45, 2.75) is 12.8 Å². The van der Waals surface area contributed by atoms with Gasteiger partial charge in [-0.25, -0.2) is 8.78 Å². The molecule has 0 aliphatic heterocycles. The molecule has 7 nitrogen and oxygen atoms in total. The van der Waals surface area contributed by atoms with Gasteiger partial charge in [0, 0.05) is 0 Å². The maximum absolute atomic E-state index is 12.6. The standard InChI is InChI=1S/C9H5F2N3O4/c10-8(11)6-3-13-9(14(17)18)4(1-7(15)16)5(6)2-12/h3,8H,1H2,(H,15,16). The third-order valence-corrected chi connectivity index (χ3v) is 2.03. The Bertz CT molecular complexity index is 553. The number of nitro groups is 1. The summed E-state index contributed by atoms with van der Waals surface area (Å²) < 4.78 is 25.1. The Balaban J connectivity index is 3.56. The second-order valence-corrected chi connectivity index (χ2v) is 3.13. The lowest BCUT2D eigenvalue weighted by molar-refractivity contribution is -0.390. The van der Waals surface area contributed by atoms with E-state index in [4.69, 9.17) is 10.4 Å². The average Bonchev–Trinajstić information content (AvgIpc) is 2.26. The maximum Gasteiger partial charge on any atom is 0.368 e. The topological polar surface area (TPSA) is 117 Å². The number of aromatic nitrogens is 1. The van der Waals surface area contributed by atoms with Crippen LogP contribution in [0.5, 0.6) is 0 Å². The number of hydrogen-bond acceptors (Lipinski definition) is 5. The molecule has 0 atom stereocenters. The van der Waals surface area contributed by atoms with E-state index in [1.807, 2.05) is 0 Å². The summed E-state index contributed by atoms with van der Waals surface area (Å²) >= 11 is 0. The monoisotopic (exact) mass is 257 g/mol. The highest BCUT2D eigenvalue weighted by Crippen LogP contribution is 2.29. The van der Waals surface area contributed by atoms with Crippen LogP contribution < -0.4 is 0 Å². The molecule has 94 valence electrons. The molecule has 0 unspecified atom stereocenters. The van der Waals surface area contributed by atoms with Crippen LogP contribution in [0.25, 0.3) is 0 Å². The van der Waals surface area contributed by atoms with Crippen LogP contribution >= 0.6 is 0 Å². The van der Waals surface area contributed by atoms with Crippen molar-refractivity contribution in [1.82, 2.24) is 4.98 Å². The number of carbonyl (C=O) groups is 1. The maximum atomic E-state index is 12.6. The first-order chi connectivity index (χ1) is 8.38. The van der Waals surface area contributed by atoms with Crippen LogP contribution in [0.15, 0.2) is 6.20 Å². The molecule has 0 bridgehead atoms. The molecule has 1 heterocycles. The van der Waals surface area contributed by atoms with E-state index in [1.54, 1.807) is 0 Å². The zero-order chi connectivity index (χ0) is 13.9. The fourth-order valence-corrected chi connectivity index (χ4v) is 1.33. The Morgan fingerprint density at radius 1 is 1.67 bits per heavy atom. The quantitative estimate of drug-likeness (QED) is 0.643. The van der Waals surface area contributed by atoms with Gasteiger partial charge in [-0.2, -0.15) is 5.26 Å². The fourth-order valence-electron chi connectivity index (χ4n) is 1.33. The minimum atomic E-state index is -3.07. The third-order valence-electron chi connectivity index (χ3n) is 2.03. The molecule has 0 saturated heterocycles. The van der Waals surface area contributed by atoms with Crippen LogP contribution in [0.2, 0.25) is 0 Å². The second kappa shape index (κ2) is 5.13. The lowest BCUT2D eigenvalue weighted by atomic mass is 10.0. The molecule has 1 aromatic heterocycles. The lowest BCUT2D eigenvalue weighted by Crippen LogP contribution is -2.10. The minimum Gasteiger partial charge on any atom is -0.481 e. The molecule has 9 heteroatoms. The summed E-state index contributed by atoms with van der Waals surface area (Å²) in [7, 11) is 0. The van der Waals surface area contributed by atoms with Crippen molar-refractivity contribution in [3.63, 3.8) is 0 Å². The van der Waals surface area contributed by atoms with E-state index in [-0.39, 0.29) is 0 Å². The summed E-state index contributed by atoms with van der Waals surface area (Å²) in [5.41, 5.74) is -2.15. The van der Waals surface area contributed by atoms with Crippen LogP contribution in [0, 0.1) is 21.4 Å². The van der Waals surface area contributed by atoms with Gasteiger partial charge in [-0.05, 0) is 9.91 Å². The van der Waals surface area contributed by atoms with Gasteiger partial charge in [0.25, 0.3) is 6.43 Å². The molecule has 0 aliphatic rings. The Hall–Kier alpha value is -2.63. The van der Waals surface area contributed by atoms with E-state index in [2.05, 4.69) is 4.98 Å². The number of alkyl halides is 2. The molecule has 0 spiro atoms. The summed E-state index contributed by atoms with van der Waals surface area (Å²) in [6, 6.07) is 1.36. The molecule has 0 aliphatic carbocycles. The van der Waals surface area contributed by atoms with Crippen LogP contribution in [-0.2, 0) is 11.2 Å². The van der Waals surface area contributed by atoms with E-state index in [0.29, 0.717) is 6.20 Å². The van der Waals surface area contributed by atoms with Gasteiger partial charge in [-0.15, -0.1) is 0 Å². The number of carboxylic acids is 1.